The minimum Gasteiger partial charge on any atom is -0.539 e. The minimum absolute atomic E-state index is 0. The van der Waals surface area contributed by atoms with E-state index in [2.05, 4.69) is 39.0 Å². The third-order valence-corrected chi connectivity index (χ3v) is 1.97. The molecule has 0 aromatic heterocycles. The van der Waals surface area contributed by atoms with Crippen molar-refractivity contribution in [3.63, 3.8) is 0 Å². The molecule has 1 aromatic carbocycles. The molecule has 0 unspecified atom stereocenters. The van der Waals surface area contributed by atoms with Gasteiger partial charge in [0.05, 0.1) is 0 Å². The van der Waals surface area contributed by atoms with Crippen LogP contribution in [0.25, 0.3) is 0 Å². The van der Waals surface area contributed by atoms with E-state index < -0.39 is 0 Å². The largest absolute Gasteiger partial charge is 1.00 e. The number of aryl methyl sites for hydroxylation is 3. The molecule has 0 aliphatic rings. The molecule has 0 spiro atoms. The molecule has 0 aliphatic carbocycles. The number of benzene rings is 1. The number of rotatable bonds is 3. The Morgan fingerprint density at radius 3 is 0.933 bits per heavy atom. The third kappa shape index (κ3) is 7.03. The molecule has 3 heteroatoms. The Labute approximate surface area is 131 Å². The molecule has 1 aromatic rings. The van der Waals surface area contributed by atoms with Crippen LogP contribution < -0.4 is 56.6 Å². The zero-order chi connectivity index (χ0) is 8.97. The second kappa shape index (κ2) is 11.5. The normalized spacial score (nSPS) is 8.20. The van der Waals surface area contributed by atoms with Gasteiger partial charge in [0.1, 0.15) is 0 Å². The van der Waals surface area contributed by atoms with Gasteiger partial charge in [-0.1, -0.05) is 40.0 Å². The van der Waals surface area contributed by atoms with Crippen LogP contribution in [-0.4, -0.2) is 0 Å². The van der Waals surface area contributed by atoms with Crippen LogP contribution in [0.15, 0.2) is 0 Å². The van der Waals surface area contributed by atoms with Crippen LogP contribution in [0.3, 0.4) is 0 Å². The van der Waals surface area contributed by atoms with Gasteiger partial charge in [-0.05, 0) is 0 Å². The zero-order valence-corrected chi connectivity index (χ0v) is 11.1. The van der Waals surface area contributed by atoms with E-state index in [9.17, 15) is 0 Å². The fourth-order valence-corrected chi connectivity index (χ4v) is 1.17. The first-order valence-corrected chi connectivity index (χ1v) is 4.68. The molecule has 66 valence electrons. The van der Waals surface area contributed by atoms with Gasteiger partial charge in [0, 0.05) is 0 Å². The van der Waals surface area contributed by atoms with Crippen LogP contribution in [0.1, 0.15) is 37.5 Å². The van der Waals surface area contributed by atoms with Gasteiger partial charge in [-0.2, -0.15) is 0 Å². The SMILES string of the molecule is CCc1[c-]c(CC)[c-]c(CC)[c-]1.[Li+].[Li+].[Li+]. The summed E-state index contributed by atoms with van der Waals surface area (Å²) < 4.78 is 0. The first-order valence-electron chi connectivity index (χ1n) is 4.68. The van der Waals surface area contributed by atoms with E-state index >= 15 is 0 Å². The fraction of sp³-hybridized carbons (Fsp3) is 0.500. The molecule has 0 heterocycles. The van der Waals surface area contributed by atoms with Gasteiger partial charge in [0.15, 0.2) is 0 Å². The van der Waals surface area contributed by atoms with E-state index in [1.807, 2.05) is 0 Å². The molecule has 0 amide bonds. The smallest absolute Gasteiger partial charge is 0.539 e. The molecule has 0 nitrogen and oxygen atoms in total. The number of hydrogen-bond donors (Lipinski definition) is 0. The molecule has 0 N–H and O–H groups in total. The molecule has 0 aliphatic heterocycles. The van der Waals surface area contributed by atoms with Crippen molar-refractivity contribution >= 4 is 0 Å². The molecule has 0 saturated carbocycles. The van der Waals surface area contributed by atoms with E-state index in [4.69, 9.17) is 0 Å². The Morgan fingerprint density at radius 2 is 0.800 bits per heavy atom. The van der Waals surface area contributed by atoms with Crippen molar-refractivity contribution in [2.45, 2.75) is 40.0 Å². The van der Waals surface area contributed by atoms with E-state index in [1.165, 1.54) is 16.7 Å². The maximum Gasteiger partial charge on any atom is 1.00 e. The topological polar surface area (TPSA) is 0 Å². The predicted molar refractivity (Wildman–Crippen MR) is 51.1 cm³/mol. The van der Waals surface area contributed by atoms with Crippen molar-refractivity contribution in [1.29, 1.82) is 0 Å². The average molecular weight is 180 g/mol. The molecule has 0 radical (unpaired) electrons. The zero-order valence-electron chi connectivity index (χ0n) is 11.1. The van der Waals surface area contributed by atoms with E-state index in [0.29, 0.717) is 0 Å². The van der Waals surface area contributed by atoms with Crippen molar-refractivity contribution in [3.8, 4) is 0 Å². The first kappa shape index (κ1) is 21.3. The molecular formula is C12H15Li3. The third-order valence-electron chi connectivity index (χ3n) is 1.97. The van der Waals surface area contributed by atoms with Crippen LogP contribution in [0.4, 0.5) is 0 Å². The summed E-state index contributed by atoms with van der Waals surface area (Å²) in [5.74, 6) is 0. The Morgan fingerprint density at radius 1 is 0.600 bits per heavy atom. The van der Waals surface area contributed by atoms with Crippen molar-refractivity contribution < 1.29 is 56.6 Å². The van der Waals surface area contributed by atoms with Crippen LogP contribution in [0, 0.1) is 18.2 Å². The summed E-state index contributed by atoms with van der Waals surface area (Å²) in [4.78, 5) is 0. The van der Waals surface area contributed by atoms with Gasteiger partial charge in [-0.25, -0.2) is 0 Å². The number of hydrogen-bond acceptors (Lipinski definition) is 0. The average Bonchev–Trinajstić information content (AvgIpc) is 2.16. The van der Waals surface area contributed by atoms with E-state index in [1.54, 1.807) is 0 Å². The molecule has 0 fully saturated rings. The molecule has 0 bridgehead atoms. The van der Waals surface area contributed by atoms with Gasteiger partial charge in [0.25, 0.3) is 0 Å². The second-order valence-electron chi connectivity index (χ2n) is 2.87. The summed E-state index contributed by atoms with van der Waals surface area (Å²) in [6, 6.07) is 9.92. The van der Waals surface area contributed by atoms with E-state index in [-0.39, 0.29) is 56.6 Å². The quantitative estimate of drug-likeness (QED) is 0.321. The van der Waals surface area contributed by atoms with Crippen molar-refractivity contribution in [3.05, 3.63) is 34.9 Å². The van der Waals surface area contributed by atoms with Gasteiger partial charge >= 0.3 is 56.6 Å². The summed E-state index contributed by atoms with van der Waals surface area (Å²) in [5, 5.41) is 0. The second-order valence-corrected chi connectivity index (χ2v) is 2.87. The van der Waals surface area contributed by atoms with Crippen LogP contribution in [0.5, 0.6) is 0 Å². The molecule has 1 rings (SSSR count). The summed E-state index contributed by atoms with van der Waals surface area (Å²) >= 11 is 0. The van der Waals surface area contributed by atoms with Gasteiger partial charge < -0.3 is 34.9 Å². The monoisotopic (exact) mass is 180 g/mol. The van der Waals surface area contributed by atoms with Gasteiger partial charge in [-0.15, -0.1) is 0 Å². The van der Waals surface area contributed by atoms with Crippen LogP contribution in [-0.2, 0) is 19.3 Å². The summed E-state index contributed by atoms with van der Waals surface area (Å²) in [6.07, 6.45) is 3.07. The standard InChI is InChI=1S/C12H15.3Li/c1-4-10-7-11(5-2)9-12(6-3)8-10;;;/h4-6H2,1-3H3;;;/q-3;3*+1. The Balaban J connectivity index is -0.000000480. The predicted octanol–water partition coefficient (Wildman–Crippen LogP) is -6.21. The van der Waals surface area contributed by atoms with E-state index in [0.717, 1.165) is 19.3 Å². The Hall–Kier alpha value is 1.01. The summed E-state index contributed by atoms with van der Waals surface area (Å²) in [5.41, 5.74) is 3.59. The van der Waals surface area contributed by atoms with Crippen LogP contribution in [0.2, 0.25) is 0 Å². The van der Waals surface area contributed by atoms with Gasteiger partial charge in [-0.3, -0.25) is 0 Å². The molecule has 15 heavy (non-hydrogen) atoms. The van der Waals surface area contributed by atoms with Crippen molar-refractivity contribution in [2.75, 3.05) is 0 Å². The molecule has 0 atom stereocenters. The minimum atomic E-state index is 0. The molecule has 0 saturated heterocycles. The first-order chi connectivity index (χ1) is 5.80. The Bertz CT molecular complexity index is 204. The maximum absolute atomic E-state index is 3.31. The fourth-order valence-electron chi connectivity index (χ4n) is 1.17. The van der Waals surface area contributed by atoms with Gasteiger partial charge in [0.2, 0.25) is 0 Å². The summed E-state index contributed by atoms with van der Waals surface area (Å²) in [7, 11) is 0. The van der Waals surface area contributed by atoms with Crippen molar-refractivity contribution in [2.24, 2.45) is 0 Å². The Kier molecular flexibility index (Phi) is 16.3. The molecular weight excluding hydrogens is 165 g/mol. The summed E-state index contributed by atoms with van der Waals surface area (Å²) in [6.45, 7) is 6.42. The van der Waals surface area contributed by atoms with Crippen molar-refractivity contribution in [1.82, 2.24) is 0 Å². The van der Waals surface area contributed by atoms with Crippen LogP contribution >= 0.6 is 0 Å². The maximum atomic E-state index is 3.31.